The minimum Gasteiger partial charge on any atom is -0.497 e. The van der Waals surface area contributed by atoms with Crippen molar-refractivity contribution in [3.63, 3.8) is 0 Å². The van der Waals surface area contributed by atoms with Crippen LogP contribution in [0.3, 0.4) is 0 Å². The average Bonchev–Trinajstić information content (AvgIpc) is 2.44. The lowest BCUT2D eigenvalue weighted by atomic mass is 10.1. The number of anilines is 1. The first-order valence-corrected chi connectivity index (χ1v) is 6.85. The van der Waals surface area contributed by atoms with Crippen molar-refractivity contribution in [2.24, 2.45) is 0 Å². The molecular weight excluding hydrogens is 328 g/mol. The van der Waals surface area contributed by atoms with Crippen molar-refractivity contribution in [1.29, 1.82) is 0 Å². The smallest absolute Gasteiger partial charge is 0.146 e. The van der Waals surface area contributed by atoms with Crippen molar-refractivity contribution >= 4 is 21.6 Å². The van der Waals surface area contributed by atoms with Crippen molar-refractivity contribution in [2.45, 2.75) is 13.0 Å². The van der Waals surface area contributed by atoms with Gasteiger partial charge in [0.05, 0.1) is 17.3 Å². The van der Waals surface area contributed by atoms with Gasteiger partial charge in [-0.2, -0.15) is 0 Å². The zero-order chi connectivity index (χ0) is 14.7. The molecule has 0 amide bonds. The Morgan fingerprint density at radius 1 is 1.10 bits per heavy atom. The first-order chi connectivity index (χ1) is 9.51. The summed E-state index contributed by atoms with van der Waals surface area (Å²) in [7, 11) is 1.53. The van der Waals surface area contributed by atoms with Gasteiger partial charge in [-0.25, -0.2) is 8.78 Å². The summed E-state index contributed by atoms with van der Waals surface area (Å²) in [5.41, 5.74) is 1.19. The van der Waals surface area contributed by atoms with Crippen LogP contribution in [0.15, 0.2) is 40.9 Å². The number of nitrogens with one attached hydrogen (secondary N) is 1. The zero-order valence-electron chi connectivity index (χ0n) is 11.1. The molecule has 2 rings (SSSR count). The fraction of sp³-hybridized carbons (Fsp3) is 0.200. The molecule has 2 aromatic carbocycles. The number of hydrogen-bond donors (Lipinski definition) is 1. The van der Waals surface area contributed by atoms with E-state index < -0.39 is 0 Å². The highest BCUT2D eigenvalue weighted by Gasteiger charge is 2.11. The first kappa shape index (κ1) is 14.8. The van der Waals surface area contributed by atoms with E-state index in [1.54, 1.807) is 24.3 Å². The van der Waals surface area contributed by atoms with Crippen molar-refractivity contribution < 1.29 is 13.5 Å². The lowest BCUT2D eigenvalue weighted by Gasteiger charge is -2.17. The maximum absolute atomic E-state index is 13.7. The van der Waals surface area contributed by atoms with Gasteiger partial charge in [0, 0.05) is 12.1 Å². The summed E-state index contributed by atoms with van der Waals surface area (Å²) < 4.78 is 32.4. The second kappa shape index (κ2) is 6.22. The van der Waals surface area contributed by atoms with Gasteiger partial charge in [-0.15, -0.1) is 0 Å². The van der Waals surface area contributed by atoms with Crippen LogP contribution < -0.4 is 10.1 Å². The SMILES string of the molecule is COc1ccc(F)c(NC(C)c2ccc(F)c(Br)c2)c1. The molecule has 0 bridgehead atoms. The van der Waals surface area contributed by atoms with E-state index in [4.69, 9.17) is 4.74 Å². The Labute approximate surface area is 124 Å². The normalized spacial score (nSPS) is 12.1. The molecule has 0 radical (unpaired) electrons. The Balaban J connectivity index is 2.22. The molecule has 0 saturated heterocycles. The van der Waals surface area contributed by atoms with E-state index in [0.29, 0.717) is 15.9 Å². The summed E-state index contributed by atoms with van der Waals surface area (Å²) >= 11 is 3.14. The van der Waals surface area contributed by atoms with Crippen LogP contribution in [0.5, 0.6) is 5.75 Å². The number of methoxy groups -OCH3 is 1. The largest absolute Gasteiger partial charge is 0.497 e. The molecule has 20 heavy (non-hydrogen) atoms. The fourth-order valence-electron chi connectivity index (χ4n) is 1.84. The van der Waals surface area contributed by atoms with Crippen molar-refractivity contribution in [3.05, 3.63) is 58.1 Å². The van der Waals surface area contributed by atoms with Gasteiger partial charge >= 0.3 is 0 Å². The zero-order valence-corrected chi connectivity index (χ0v) is 12.7. The van der Waals surface area contributed by atoms with E-state index in [0.717, 1.165) is 5.56 Å². The Hall–Kier alpha value is -1.62. The highest BCUT2D eigenvalue weighted by atomic mass is 79.9. The molecule has 0 saturated carbocycles. The fourth-order valence-corrected chi connectivity index (χ4v) is 2.24. The van der Waals surface area contributed by atoms with Crippen molar-refractivity contribution in [1.82, 2.24) is 0 Å². The highest BCUT2D eigenvalue weighted by Crippen LogP contribution is 2.27. The third-order valence-corrected chi connectivity index (χ3v) is 3.60. The lowest BCUT2D eigenvalue weighted by Crippen LogP contribution is -2.08. The van der Waals surface area contributed by atoms with Crippen LogP contribution in [0.25, 0.3) is 0 Å². The molecule has 1 unspecified atom stereocenters. The molecule has 1 N–H and O–H groups in total. The van der Waals surface area contributed by atoms with Gasteiger partial charge in [0.1, 0.15) is 17.4 Å². The summed E-state index contributed by atoms with van der Waals surface area (Å²) in [6.07, 6.45) is 0. The van der Waals surface area contributed by atoms with Crippen LogP contribution in [0, 0.1) is 11.6 Å². The molecule has 5 heteroatoms. The van der Waals surface area contributed by atoms with Crippen LogP contribution in [0.2, 0.25) is 0 Å². The van der Waals surface area contributed by atoms with Gasteiger partial charge in [0.25, 0.3) is 0 Å². The summed E-state index contributed by atoms with van der Waals surface area (Å²) in [4.78, 5) is 0. The third-order valence-electron chi connectivity index (χ3n) is 2.99. The quantitative estimate of drug-likeness (QED) is 0.853. The first-order valence-electron chi connectivity index (χ1n) is 6.06. The van der Waals surface area contributed by atoms with E-state index in [1.165, 1.54) is 19.2 Å². The summed E-state index contributed by atoms with van der Waals surface area (Å²) in [6, 6.07) is 9.02. The van der Waals surface area contributed by atoms with E-state index >= 15 is 0 Å². The van der Waals surface area contributed by atoms with Gasteiger partial charge in [-0.05, 0) is 52.7 Å². The van der Waals surface area contributed by atoms with Gasteiger partial charge in [0.15, 0.2) is 0 Å². The molecule has 0 spiro atoms. The number of ether oxygens (including phenoxy) is 1. The number of rotatable bonds is 4. The molecule has 0 fully saturated rings. The molecule has 0 aliphatic rings. The Morgan fingerprint density at radius 2 is 1.80 bits per heavy atom. The summed E-state index contributed by atoms with van der Waals surface area (Å²) in [6.45, 7) is 1.87. The highest BCUT2D eigenvalue weighted by molar-refractivity contribution is 9.10. The number of hydrogen-bond acceptors (Lipinski definition) is 2. The molecule has 106 valence electrons. The molecule has 2 nitrogen and oxygen atoms in total. The van der Waals surface area contributed by atoms with Gasteiger partial charge in [-0.3, -0.25) is 0 Å². The maximum Gasteiger partial charge on any atom is 0.146 e. The Kier molecular flexibility index (Phi) is 4.60. The van der Waals surface area contributed by atoms with Crippen LogP contribution in [-0.2, 0) is 0 Å². The predicted octanol–water partition coefficient (Wildman–Crippen LogP) is 4.91. The molecule has 0 aliphatic heterocycles. The minimum absolute atomic E-state index is 0.173. The monoisotopic (exact) mass is 341 g/mol. The Morgan fingerprint density at radius 3 is 2.45 bits per heavy atom. The summed E-state index contributed by atoms with van der Waals surface area (Å²) in [5.74, 6) is -0.117. The molecule has 0 heterocycles. The van der Waals surface area contributed by atoms with E-state index in [-0.39, 0.29) is 17.7 Å². The molecule has 0 aromatic heterocycles. The number of benzene rings is 2. The molecular formula is C15H14BrF2NO. The van der Waals surface area contributed by atoms with Crippen LogP contribution in [-0.4, -0.2) is 7.11 Å². The van der Waals surface area contributed by atoms with Gasteiger partial charge in [-0.1, -0.05) is 6.07 Å². The minimum atomic E-state index is -0.362. The third kappa shape index (κ3) is 3.28. The van der Waals surface area contributed by atoms with E-state index in [1.807, 2.05) is 6.92 Å². The second-order valence-corrected chi connectivity index (χ2v) is 5.24. The standard InChI is InChI=1S/C15H14BrF2NO/c1-9(10-3-5-13(17)12(16)7-10)19-15-8-11(20-2)4-6-14(15)18/h3-9,19H,1-2H3. The predicted molar refractivity (Wildman–Crippen MR) is 79.1 cm³/mol. The van der Waals surface area contributed by atoms with Crippen molar-refractivity contribution in [2.75, 3.05) is 12.4 Å². The number of halogens is 3. The Bertz CT molecular complexity index is 619. The van der Waals surface area contributed by atoms with Crippen molar-refractivity contribution in [3.8, 4) is 5.75 Å². The van der Waals surface area contributed by atoms with Crippen LogP contribution >= 0.6 is 15.9 Å². The van der Waals surface area contributed by atoms with Crippen LogP contribution in [0.1, 0.15) is 18.5 Å². The summed E-state index contributed by atoms with van der Waals surface area (Å²) in [5, 5.41) is 3.05. The topological polar surface area (TPSA) is 21.3 Å². The second-order valence-electron chi connectivity index (χ2n) is 4.39. The van der Waals surface area contributed by atoms with Gasteiger partial charge in [0.2, 0.25) is 0 Å². The van der Waals surface area contributed by atoms with Crippen LogP contribution in [0.4, 0.5) is 14.5 Å². The van der Waals surface area contributed by atoms with Gasteiger partial charge < -0.3 is 10.1 Å². The van der Waals surface area contributed by atoms with E-state index in [2.05, 4.69) is 21.2 Å². The molecule has 2 aromatic rings. The van der Waals surface area contributed by atoms with E-state index in [9.17, 15) is 8.78 Å². The lowest BCUT2D eigenvalue weighted by molar-refractivity contribution is 0.414. The molecule has 0 aliphatic carbocycles. The maximum atomic E-state index is 13.7. The molecule has 1 atom stereocenters. The average molecular weight is 342 g/mol.